The van der Waals surface area contributed by atoms with Crippen molar-refractivity contribution in [3.63, 3.8) is 0 Å². The largest absolute Gasteiger partial charge is 0.336 e. The highest BCUT2D eigenvalue weighted by atomic mass is 15.3. The van der Waals surface area contributed by atoms with E-state index in [0.29, 0.717) is 24.4 Å². The van der Waals surface area contributed by atoms with Gasteiger partial charge in [0.05, 0.1) is 0 Å². The molecule has 4 heteroatoms. The second-order valence-electron chi connectivity index (χ2n) is 5.65. The van der Waals surface area contributed by atoms with Crippen LogP contribution in [0.5, 0.6) is 0 Å². The Morgan fingerprint density at radius 2 is 2.17 bits per heavy atom. The van der Waals surface area contributed by atoms with Gasteiger partial charge in [0.15, 0.2) is 0 Å². The van der Waals surface area contributed by atoms with Crippen molar-refractivity contribution in [1.82, 2.24) is 9.97 Å². The number of nitrogens with zero attached hydrogens (tertiary/aromatic N) is 3. The lowest BCUT2D eigenvalue weighted by molar-refractivity contribution is 0.515. The van der Waals surface area contributed by atoms with Crippen molar-refractivity contribution >= 4 is 5.95 Å². The van der Waals surface area contributed by atoms with Gasteiger partial charge in [0.25, 0.3) is 0 Å². The first-order valence-corrected chi connectivity index (χ1v) is 6.85. The Balaban J connectivity index is 2.33. The van der Waals surface area contributed by atoms with Crippen LogP contribution >= 0.6 is 0 Å². The Hall–Kier alpha value is -1.16. The van der Waals surface area contributed by atoms with Crippen LogP contribution in [0.2, 0.25) is 0 Å². The van der Waals surface area contributed by atoms with Crippen molar-refractivity contribution in [3.8, 4) is 0 Å². The Morgan fingerprint density at radius 1 is 1.44 bits per heavy atom. The summed E-state index contributed by atoms with van der Waals surface area (Å²) in [5.41, 5.74) is 8.05. The zero-order valence-electron chi connectivity index (χ0n) is 11.8. The highest BCUT2D eigenvalue weighted by molar-refractivity contribution is 5.36. The third-order valence-electron chi connectivity index (χ3n) is 3.83. The highest BCUT2D eigenvalue weighted by Gasteiger charge is 2.31. The molecule has 0 amide bonds. The van der Waals surface area contributed by atoms with Crippen molar-refractivity contribution in [2.45, 2.75) is 46.1 Å². The molecule has 1 fully saturated rings. The topological polar surface area (TPSA) is 55.0 Å². The molecule has 2 heterocycles. The van der Waals surface area contributed by atoms with Crippen LogP contribution in [0.15, 0.2) is 6.07 Å². The summed E-state index contributed by atoms with van der Waals surface area (Å²) < 4.78 is 0. The van der Waals surface area contributed by atoms with Crippen LogP contribution in [0.25, 0.3) is 0 Å². The van der Waals surface area contributed by atoms with E-state index >= 15 is 0 Å². The maximum Gasteiger partial charge on any atom is 0.226 e. The van der Waals surface area contributed by atoms with E-state index in [1.165, 1.54) is 6.42 Å². The fourth-order valence-electron chi connectivity index (χ4n) is 2.62. The molecule has 1 saturated heterocycles. The molecule has 2 atom stereocenters. The van der Waals surface area contributed by atoms with Gasteiger partial charge in [0.2, 0.25) is 5.95 Å². The number of hydrogen-bond acceptors (Lipinski definition) is 4. The Bertz CT molecular complexity index is 416. The van der Waals surface area contributed by atoms with Crippen molar-refractivity contribution in [1.29, 1.82) is 0 Å². The van der Waals surface area contributed by atoms with Gasteiger partial charge in [-0.25, -0.2) is 9.97 Å². The average Bonchev–Trinajstić information content (AvgIpc) is 2.69. The van der Waals surface area contributed by atoms with Gasteiger partial charge < -0.3 is 10.6 Å². The van der Waals surface area contributed by atoms with Crippen LogP contribution in [0.4, 0.5) is 5.95 Å². The van der Waals surface area contributed by atoms with Crippen molar-refractivity contribution in [3.05, 3.63) is 17.5 Å². The third kappa shape index (κ3) is 2.48. The molecular formula is C14H24N4. The lowest BCUT2D eigenvalue weighted by Gasteiger charge is -2.26. The smallest absolute Gasteiger partial charge is 0.226 e. The molecule has 18 heavy (non-hydrogen) atoms. The number of hydrogen-bond donors (Lipinski definition) is 1. The maximum atomic E-state index is 5.89. The minimum Gasteiger partial charge on any atom is -0.336 e. The normalized spacial score (nSPS) is 24.0. The van der Waals surface area contributed by atoms with Crippen LogP contribution in [0.1, 0.15) is 44.5 Å². The summed E-state index contributed by atoms with van der Waals surface area (Å²) in [4.78, 5) is 11.6. The molecule has 0 radical (unpaired) electrons. The van der Waals surface area contributed by atoms with Crippen LogP contribution in [0.3, 0.4) is 0 Å². The number of anilines is 1. The van der Waals surface area contributed by atoms with Crippen molar-refractivity contribution < 1.29 is 0 Å². The SMILES string of the molecule is Cc1cc(C(C)C)nc(N2CCC(C)C2CN)n1. The summed E-state index contributed by atoms with van der Waals surface area (Å²) in [6.45, 7) is 10.3. The van der Waals surface area contributed by atoms with Gasteiger partial charge in [-0.3, -0.25) is 0 Å². The van der Waals surface area contributed by atoms with E-state index in [0.717, 1.165) is 23.9 Å². The zero-order chi connectivity index (χ0) is 13.3. The lowest BCUT2D eigenvalue weighted by atomic mass is 10.0. The fourth-order valence-corrected chi connectivity index (χ4v) is 2.62. The molecule has 4 nitrogen and oxygen atoms in total. The molecule has 0 spiro atoms. The number of aromatic nitrogens is 2. The summed E-state index contributed by atoms with van der Waals surface area (Å²) in [7, 11) is 0. The van der Waals surface area contributed by atoms with E-state index in [1.807, 2.05) is 6.92 Å². The van der Waals surface area contributed by atoms with Crippen LogP contribution < -0.4 is 10.6 Å². The van der Waals surface area contributed by atoms with Gasteiger partial charge in [-0.2, -0.15) is 0 Å². The van der Waals surface area contributed by atoms with Gasteiger partial charge in [-0.05, 0) is 31.2 Å². The summed E-state index contributed by atoms with van der Waals surface area (Å²) >= 11 is 0. The van der Waals surface area contributed by atoms with Crippen LogP contribution in [0, 0.1) is 12.8 Å². The first-order valence-electron chi connectivity index (χ1n) is 6.85. The first kappa shape index (κ1) is 13.3. The average molecular weight is 248 g/mol. The second kappa shape index (κ2) is 5.22. The molecule has 0 saturated carbocycles. The third-order valence-corrected chi connectivity index (χ3v) is 3.83. The zero-order valence-corrected chi connectivity index (χ0v) is 11.8. The van der Waals surface area contributed by atoms with E-state index in [-0.39, 0.29) is 0 Å². The molecule has 2 rings (SSSR count). The monoisotopic (exact) mass is 248 g/mol. The molecule has 2 unspecified atom stereocenters. The Morgan fingerprint density at radius 3 is 2.78 bits per heavy atom. The van der Waals surface area contributed by atoms with E-state index in [9.17, 15) is 0 Å². The van der Waals surface area contributed by atoms with Crippen molar-refractivity contribution in [2.75, 3.05) is 18.0 Å². The van der Waals surface area contributed by atoms with E-state index in [2.05, 4.69) is 36.7 Å². The van der Waals surface area contributed by atoms with Gasteiger partial charge in [0, 0.05) is 30.5 Å². The molecule has 2 N–H and O–H groups in total. The molecule has 1 aromatic rings. The van der Waals surface area contributed by atoms with Crippen molar-refractivity contribution in [2.24, 2.45) is 11.7 Å². The molecule has 1 aliphatic heterocycles. The molecule has 1 aliphatic rings. The first-order chi connectivity index (χ1) is 8.52. The molecule has 0 bridgehead atoms. The minimum absolute atomic E-state index is 0.381. The highest BCUT2D eigenvalue weighted by Crippen LogP contribution is 2.27. The predicted octanol–water partition coefficient (Wildman–Crippen LogP) is 2.08. The summed E-state index contributed by atoms with van der Waals surface area (Å²) in [5.74, 6) is 1.92. The quantitative estimate of drug-likeness (QED) is 0.890. The fraction of sp³-hybridized carbons (Fsp3) is 0.714. The minimum atomic E-state index is 0.381. The van der Waals surface area contributed by atoms with Gasteiger partial charge in [-0.15, -0.1) is 0 Å². The summed E-state index contributed by atoms with van der Waals surface area (Å²) in [6.07, 6.45) is 1.18. The van der Waals surface area contributed by atoms with E-state index in [4.69, 9.17) is 10.7 Å². The Labute approximate surface area is 110 Å². The van der Waals surface area contributed by atoms with Gasteiger partial charge in [-0.1, -0.05) is 20.8 Å². The van der Waals surface area contributed by atoms with E-state index in [1.54, 1.807) is 0 Å². The second-order valence-corrected chi connectivity index (χ2v) is 5.65. The molecule has 1 aromatic heterocycles. The number of aryl methyl sites for hydroxylation is 1. The summed E-state index contributed by atoms with van der Waals surface area (Å²) in [5, 5.41) is 0. The predicted molar refractivity (Wildman–Crippen MR) is 74.8 cm³/mol. The van der Waals surface area contributed by atoms with E-state index < -0.39 is 0 Å². The lowest BCUT2D eigenvalue weighted by Crippen LogP contribution is -2.39. The molecule has 0 aromatic carbocycles. The molecule has 0 aliphatic carbocycles. The maximum absolute atomic E-state index is 5.89. The summed E-state index contributed by atoms with van der Waals surface area (Å²) in [6, 6.07) is 2.46. The molecule has 100 valence electrons. The van der Waals surface area contributed by atoms with Gasteiger partial charge in [0.1, 0.15) is 0 Å². The number of nitrogens with two attached hydrogens (primary N) is 1. The standard InChI is InChI=1S/C14H24N4/c1-9(2)12-7-11(4)16-14(17-12)18-6-5-10(3)13(18)8-15/h7,9-10,13H,5-6,8,15H2,1-4H3. The Kier molecular flexibility index (Phi) is 3.85. The number of rotatable bonds is 3. The van der Waals surface area contributed by atoms with Crippen LogP contribution in [-0.4, -0.2) is 29.1 Å². The van der Waals surface area contributed by atoms with Gasteiger partial charge >= 0.3 is 0 Å². The molecular weight excluding hydrogens is 224 g/mol. The van der Waals surface area contributed by atoms with Crippen LogP contribution in [-0.2, 0) is 0 Å².